The van der Waals surface area contributed by atoms with Crippen LogP contribution < -0.4 is 0 Å². The van der Waals surface area contributed by atoms with Crippen LogP contribution in [0.3, 0.4) is 0 Å². The predicted octanol–water partition coefficient (Wildman–Crippen LogP) is 1.89. The summed E-state index contributed by atoms with van der Waals surface area (Å²) in [4.78, 5) is 18.0. The molecule has 1 atom stereocenters. The van der Waals surface area contributed by atoms with Crippen molar-refractivity contribution in [2.45, 2.75) is 6.10 Å². The van der Waals surface area contributed by atoms with Crippen LogP contribution in [0.25, 0.3) is 0 Å². The lowest BCUT2D eigenvalue weighted by Crippen LogP contribution is -2.42. The summed E-state index contributed by atoms with van der Waals surface area (Å²) in [5, 5.41) is 0. The number of carbonyl (C=O) groups is 1. The highest BCUT2D eigenvalue weighted by Gasteiger charge is 2.27. The summed E-state index contributed by atoms with van der Waals surface area (Å²) in [6.45, 7) is 1.62. The third-order valence-electron chi connectivity index (χ3n) is 3.14. The van der Waals surface area contributed by atoms with Crippen LogP contribution in [0.5, 0.6) is 0 Å². The minimum Gasteiger partial charge on any atom is -0.459 e. The van der Waals surface area contributed by atoms with E-state index in [2.05, 4.69) is 4.98 Å². The Hall–Kier alpha value is -2.14. The van der Waals surface area contributed by atoms with E-state index in [0.717, 1.165) is 5.56 Å². The number of morpholine rings is 1. The van der Waals surface area contributed by atoms with E-state index < -0.39 is 0 Å². The lowest BCUT2D eigenvalue weighted by atomic mass is 10.1. The van der Waals surface area contributed by atoms with Crippen molar-refractivity contribution in [1.29, 1.82) is 0 Å². The minimum atomic E-state index is -0.124. The number of ether oxygens (including phenoxy) is 1. The SMILES string of the molecule is O=C(c1ccco1)N1CCO[C@H](c2cccnc2)C1. The summed E-state index contributed by atoms with van der Waals surface area (Å²) in [7, 11) is 0. The van der Waals surface area contributed by atoms with Crippen molar-refractivity contribution in [2.75, 3.05) is 19.7 Å². The van der Waals surface area contributed by atoms with Gasteiger partial charge in [-0.1, -0.05) is 6.07 Å². The molecule has 1 aliphatic heterocycles. The molecule has 5 nitrogen and oxygen atoms in total. The maximum Gasteiger partial charge on any atom is 0.289 e. The lowest BCUT2D eigenvalue weighted by molar-refractivity contribution is -0.0239. The maximum atomic E-state index is 12.2. The second kappa shape index (κ2) is 5.24. The molecule has 0 spiro atoms. The van der Waals surface area contributed by atoms with E-state index in [9.17, 15) is 4.79 Å². The average molecular weight is 258 g/mol. The lowest BCUT2D eigenvalue weighted by Gasteiger charge is -2.32. The summed E-state index contributed by atoms with van der Waals surface area (Å²) in [6, 6.07) is 7.22. The Labute approximate surface area is 110 Å². The Morgan fingerprint density at radius 1 is 1.37 bits per heavy atom. The number of hydrogen-bond donors (Lipinski definition) is 0. The van der Waals surface area contributed by atoms with Crippen LogP contribution in [-0.4, -0.2) is 35.5 Å². The second-order valence-electron chi connectivity index (χ2n) is 4.37. The van der Waals surface area contributed by atoms with Crippen molar-refractivity contribution in [3.8, 4) is 0 Å². The first-order valence-electron chi connectivity index (χ1n) is 6.19. The minimum absolute atomic E-state index is 0.0952. The molecule has 0 saturated carbocycles. The smallest absolute Gasteiger partial charge is 0.289 e. The molecule has 0 aliphatic carbocycles. The molecule has 1 fully saturated rings. The van der Waals surface area contributed by atoms with E-state index in [1.165, 1.54) is 6.26 Å². The molecule has 0 unspecified atom stereocenters. The number of rotatable bonds is 2. The zero-order valence-corrected chi connectivity index (χ0v) is 10.4. The molecule has 2 aromatic heterocycles. The second-order valence-corrected chi connectivity index (χ2v) is 4.37. The zero-order valence-electron chi connectivity index (χ0n) is 10.4. The fourth-order valence-electron chi connectivity index (χ4n) is 2.16. The van der Waals surface area contributed by atoms with Gasteiger partial charge in [-0.05, 0) is 18.2 Å². The first-order chi connectivity index (χ1) is 9.34. The highest BCUT2D eigenvalue weighted by atomic mass is 16.5. The summed E-state index contributed by atoms with van der Waals surface area (Å²) in [5.74, 6) is 0.272. The number of nitrogens with zero attached hydrogens (tertiary/aromatic N) is 2. The summed E-state index contributed by atoms with van der Waals surface area (Å²) in [5.41, 5.74) is 0.986. The number of amides is 1. The van der Waals surface area contributed by atoms with Crippen LogP contribution >= 0.6 is 0 Å². The van der Waals surface area contributed by atoms with Crippen LogP contribution in [-0.2, 0) is 4.74 Å². The highest BCUT2D eigenvalue weighted by Crippen LogP contribution is 2.22. The molecule has 1 aliphatic rings. The first kappa shape index (κ1) is 11.9. The Bertz CT molecular complexity index is 539. The van der Waals surface area contributed by atoms with E-state index in [0.29, 0.717) is 25.5 Å². The molecular weight excluding hydrogens is 244 g/mol. The van der Waals surface area contributed by atoms with Gasteiger partial charge in [-0.2, -0.15) is 0 Å². The molecule has 3 heterocycles. The third kappa shape index (κ3) is 2.51. The van der Waals surface area contributed by atoms with Gasteiger partial charge in [-0.25, -0.2) is 0 Å². The Kier molecular flexibility index (Phi) is 3.29. The van der Waals surface area contributed by atoms with Crippen molar-refractivity contribution < 1.29 is 13.9 Å². The predicted molar refractivity (Wildman–Crippen MR) is 67.5 cm³/mol. The van der Waals surface area contributed by atoms with Crippen molar-refractivity contribution in [1.82, 2.24) is 9.88 Å². The number of aromatic nitrogens is 1. The number of hydrogen-bond acceptors (Lipinski definition) is 4. The molecule has 0 radical (unpaired) electrons. The van der Waals surface area contributed by atoms with Crippen molar-refractivity contribution in [2.24, 2.45) is 0 Å². The van der Waals surface area contributed by atoms with E-state index in [-0.39, 0.29) is 12.0 Å². The average Bonchev–Trinajstić information content (AvgIpc) is 3.02. The van der Waals surface area contributed by atoms with Crippen LogP contribution in [0.4, 0.5) is 0 Å². The summed E-state index contributed by atoms with van der Waals surface area (Å²) < 4.78 is 10.8. The molecule has 19 heavy (non-hydrogen) atoms. The Balaban J connectivity index is 1.73. The number of carbonyl (C=O) groups excluding carboxylic acids is 1. The molecule has 0 N–H and O–H groups in total. The van der Waals surface area contributed by atoms with Crippen LogP contribution in [0.1, 0.15) is 22.2 Å². The van der Waals surface area contributed by atoms with Crippen molar-refractivity contribution >= 4 is 5.91 Å². The summed E-state index contributed by atoms with van der Waals surface area (Å²) in [6.07, 6.45) is 4.87. The quantitative estimate of drug-likeness (QED) is 0.825. The van der Waals surface area contributed by atoms with Gasteiger partial charge in [0.1, 0.15) is 6.10 Å². The standard InChI is InChI=1S/C14H14N2O3/c17-14(12-4-2-7-18-12)16-6-8-19-13(10-16)11-3-1-5-15-9-11/h1-5,7,9,13H,6,8,10H2/t13-/m0/s1. The largest absolute Gasteiger partial charge is 0.459 e. The monoisotopic (exact) mass is 258 g/mol. The van der Waals surface area contributed by atoms with E-state index in [1.807, 2.05) is 12.1 Å². The maximum absolute atomic E-state index is 12.2. The van der Waals surface area contributed by atoms with Gasteiger partial charge in [0.05, 0.1) is 19.4 Å². The van der Waals surface area contributed by atoms with Crippen LogP contribution in [0, 0.1) is 0 Å². The van der Waals surface area contributed by atoms with Gasteiger partial charge < -0.3 is 14.1 Å². The van der Waals surface area contributed by atoms with Gasteiger partial charge >= 0.3 is 0 Å². The topological polar surface area (TPSA) is 55.6 Å². The molecule has 5 heteroatoms. The van der Waals surface area contributed by atoms with Gasteiger partial charge in [0.2, 0.25) is 0 Å². The Morgan fingerprint density at radius 2 is 2.32 bits per heavy atom. The molecule has 2 aromatic rings. The Morgan fingerprint density at radius 3 is 3.05 bits per heavy atom. The third-order valence-corrected chi connectivity index (χ3v) is 3.14. The van der Waals surface area contributed by atoms with Gasteiger partial charge in [-0.15, -0.1) is 0 Å². The van der Waals surface area contributed by atoms with Gasteiger partial charge in [0.15, 0.2) is 5.76 Å². The van der Waals surface area contributed by atoms with E-state index in [1.54, 1.807) is 29.4 Å². The van der Waals surface area contributed by atoms with Gasteiger partial charge in [0.25, 0.3) is 5.91 Å². The van der Waals surface area contributed by atoms with E-state index in [4.69, 9.17) is 9.15 Å². The fraction of sp³-hybridized carbons (Fsp3) is 0.286. The molecular formula is C14H14N2O3. The first-order valence-corrected chi connectivity index (χ1v) is 6.19. The van der Waals surface area contributed by atoms with Gasteiger partial charge in [0, 0.05) is 24.5 Å². The fourth-order valence-corrected chi connectivity index (χ4v) is 2.16. The molecule has 0 aromatic carbocycles. The molecule has 98 valence electrons. The molecule has 3 rings (SSSR count). The van der Waals surface area contributed by atoms with E-state index >= 15 is 0 Å². The van der Waals surface area contributed by atoms with Crippen LogP contribution in [0.15, 0.2) is 47.3 Å². The molecule has 1 amide bonds. The highest BCUT2D eigenvalue weighted by molar-refractivity contribution is 5.91. The van der Waals surface area contributed by atoms with Crippen LogP contribution in [0.2, 0.25) is 0 Å². The normalized spacial score (nSPS) is 19.4. The number of pyridine rings is 1. The molecule has 1 saturated heterocycles. The van der Waals surface area contributed by atoms with Crippen molar-refractivity contribution in [3.63, 3.8) is 0 Å². The summed E-state index contributed by atoms with van der Waals surface area (Å²) >= 11 is 0. The number of furan rings is 1. The van der Waals surface area contributed by atoms with Gasteiger partial charge in [-0.3, -0.25) is 9.78 Å². The molecule has 0 bridgehead atoms. The zero-order chi connectivity index (χ0) is 13.1. The van der Waals surface area contributed by atoms with Crippen molar-refractivity contribution in [3.05, 3.63) is 54.2 Å².